The molecule has 1 aliphatic heterocycles. The molecule has 22 heavy (non-hydrogen) atoms. The molecule has 0 unspecified atom stereocenters. The molecule has 2 rings (SSSR count). The van der Waals surface area contributed by atoms with E-state index in [0.717, 1.165) is 6.26 Å². The molecule has 3 N–H and O–H groups in total. The van der Waals surface area contributed by atoms with Crippen LogP contribution in [0.5, 0.6) is 0 Å². The number of hydrogen-bond donors (Lipinski definition) is 2. The third-order valence-corrected chi connectivity index (χ3v) is 4.74. The van der Waals surface area contributed by atoms with Crippen LogP contribution in [-0.4, -0.2) is 44.6 Å². The first-order valence-electron chi connectivity index (χ1n) is 6.93. The molecule has 0 aliphatic carbocycles. The molecule has 1 heterocycles. The van der Waals surface area contributed by atoms with Crippen molar-refractivity contribution in [1.82, 2.24) is 4.90 Å². The Labute approximate surface area is 129 Å². The van der Waals surface area contributed by atoms with Gasteiger partial charge in [0.2, 0.25) is 5.91 Å². The van der Waals surface area contributed by atoms with E-state index >= 15 is 0 Å². The lowest BCUT2D eigenvalue weighted by atomic mass is 9.97. The van der Waals surface area contributed by atoms with Gasteiger partial charge < -0.3 is 16.0 Å². The van der Waals surface area contributed by atoms with Crippen molar-refractivity contribution in [1.29, 1.82) is 0 Å². The van der Waals surface area contributed by atoms with Gasteiger partial charge in [0.05, 0.1) is 10.8 Å². The summed E-state index contributed by atoms with van der Waals surface area (Å²) in [7, 11) is -3.33. The third kappa shape index (κ3) is 3.97. The Hall–Kier alpha value is -2.09. The lowest BCUT2D eigenvalue weighted by molar-refractivity contribution is -0.121. The standard InChI is InChI=1S/C14H19N3O4S/c1-22(20,21)12-6-2-5-11(8-12)16-13(18)10-4-3-7-17(9-10)14(15)19/h2,5-6,8,10H,3-4,7,9H2,1H3,(H2,15,19)(H,16,18)/t10-/m0/s1. The number of rotatable bonds is 3. The molecule has 0 radical (unpaired) electrons. The van der Waals surface area contributed by atoms with E-state index in [-0.39, 0.29) is 23.3 Å². The number of nitrogens with one attached hydrogen (secondary N) is 1. The van der Waals surface area contributed by atoms with Gasteiger partial charge in [0, 0.05) is 25.0 Å². The minimum absolute atomic E-state index is 0.146. The molecular formula is C14H19N3O4S. The van der Waals surface area contributed by atoms with E-state index in [0.29, 0.717) is 25.1 Å². The van der Waals surface area contributed by atoms with E-state index in [9.17, 15) is 18.0 Å². The highest BCUT2D eigenvalue weighted by molar-refractivity contribution is 7.90. The zero-order chi connectivity index (χ0) is 16.3. The number of nitrogens with zero attached hydrogens (tertiary/aromatic N) is 1. The Balaban J connectivity index is 2.07. The summed E-state index contributed by atoms with van der Waals surface area (Å²) in [6.07, 6.45) is 2.49. The van der Waals surface area contributed by atoms with Gasteiger partial charge in [-0.2, -0.15) is 0 Å². The van der Waals surface area contributed by atoms with Crippen molar-refractivity contribution in [2.24, 2.45) is 11.7 Å². The van der Waals surface area contributed by atoms with Crippen molar-refractivity contribution < 1.29 is 18.0 Å². The van der Waals surface area contributed by atoms with Gasteiger partial charge in [-0.25, -0.2) is 13.2 Å². The fraction of sp³-hybridized carbons (Fsp3) is 0.429. The molecule has 0 saturated carbocycles. The lowest BCUT2D eigenvalue weighted by Gasteiger charge is -2.30. The monoisotopic (exact) mass is 325 g/mol. The smallest absolute Gasteiger partial charge is 0.314 e. The zero-order valence-corrected chi connectivity index (χ0v) is 13.1. The molecule has 0 spiro atoms. The Morgan fingerprint density at radius 2 is 2.09 bits per heavy atom. The van der Waals surface area contributed by atoms with Gasteiger partial charge in [0.1, 0.15) is 0 Å². The van der Waals surface area contributed by atoms with E-state index in [2.05, 4.69) is 5.32 Å². The van der Waals surface area contributed by atoms with E-state index in [1.807, 2.05) is 0 Å². The molecule has 1 atom stereocenters. The first-order valence-corrected chi connectivity index (χ1v) is 8.82. The molecular weight excluding hydrogens is 306 g/mol. The number of hydrogen-bond acceptors (Lipinski definition) is 4. The predicted octanol–water partition coefficient (Wildman–Crippen LogP) is 0.819. The minimum Gasteiger partial charge on any atom is -0.351 e. The Morgan fingerprint density at radius 1 is 1.36 bits per heavy atom. The summed E-state index contributed by atoms with van der Waals surface area (Å²) in [5.41, 5.74) is 5.66. The highest BCUT2D eigenvalue weighted by Gasteiger charge is 2.27. The number of benzene rings is 1. The molecule has 0 aromatic heterocycles. The van der Waals surface area contributed by atoms with Crippen molar-refractivity contribution in [2.75, 3.05) is 24.7 Å². The number of amides is 3. The Bertz CT molecular complexity index is 687. The summed E-state index contributed by atoms with van der Waals surface area (Å²) in [4.78, 5) is 25.0. The molecule has 3 amide bonds. The number of nitrogens with two attached hydrogens (primary N) is 1. The number of sulfone groups is 1. The van der Waals surface area contributed by atoms with Crippen molar-refractivity contribution >= 4 is 27.5 Å². The second-order valence-electron chi connectivity index (χ2n) is 5.41. The fourth-order valence-electron chi connectivity index (χ4n) is 2.44. The van der Waals surface area contributed by atoms with Gasteiger partial charge in [0.15, 0.2) is 9.84 Å². The van der Waals surface area contributed by atoms with Crippen LogP contribution in [0.2, 0.25) is 0 Å². The maximum absolute atomic E-state index is 12.3. The SMILES string of the molecule is CS(=O)(=O)c1cccc(NC(=O)[C@H]2CCCN(C(N)=O)C2)c1. The second kappa shape index (κ2) is 6.35. The molecule has 1 aromatic carbocycles. The quantitative estimate of drug-likeness (QED) is 0.857. The summed E-state index contributed by atoms with van der Waals surface area (Å²) in [6.45, 7) is 0.843. The summed E-state index contributed by atoms with van der Waals surface area (Å²) >= 11 is 0. The van der Waals surface area contributed by atoms with Crippen LogP contribution >= 0.6 is 0 Å². The number of primary amides is 1. The molecule has 1 aromatic rings. The Morgan fingerprint density at radius 3 is 2.73 bits per heavy atom. The normalized spacial score (nSPS) is 18.8. The Kier molecular flexibility index (Phi) is 4.70. The van der Waals surface area contributed by atoms with Crippen LogP contribution in [0.25, 0.3) is 0 Å². The van der Waals surface area contributed by atoms with E-state index in [4.69, 9.17) is 5.73 Å². The number of likely N-dealkylation sites (tertiary alicyclic amines) is 1. The van der Waals surface area contributed by atoms with Gasteiger partial charge in [-0.3, -0.25) is 4.79 Å². The highest BCUT2D eigenvalue weighted by Crippen LogP contribution is 2.20. The number of piperidine rings is 1. The first kappa shape index (κ1) is 16.3. The molecule has 8 heteroatoms. The molecule has 7 nitrogen and oxygen atoms in total. The van der Waals surface area contributed by atoms with Gasteiger partial charge in [-0.1, -0.05) is 6.07 Å². The average molecular weight is 325 g/mol. The summed E-state index contributed by atoms with van der Waals surface area (Å²) < 4.78 is 23.0. The zero-order valence-electron chi connectivity index (χ0n) is 12.3. The maximum atomic E-state index is 12.3. The van der Waals surface area contributed by atoms with Gasteiger partial charge in [0.25, 0.3) is 0 Å². The second-order valence-corrected chi connectivity index (χ2v) is 7.43. The molecule has 0 bridgehead atoms. The highest BCUT2D eigenvalue weighted by atomic mass is 32.2. The minimum atomic E-state index is -3.33. The van der Waals surface area contributed by atoms with Crippen LogP contribution in [0, 0.1) is 5.92 Å². The van der Waals surface area contributed by atoms with Crippen molar-refractivity contribution in [3.05, 3.63) is 24.3 Å². The van der Waals surface area contributed by atoms with Crippen molar-refractivity contribution in [3.63, 3.8) is 0 Å². The number of urea groups is 1. The van der Waals surface area contributed by atoms with Gasteiger partial charge >= 0.3 is 6.03 Å². The maximum Gasteiger partial charge on any atom is 0.314 e. The van der Waals surface area contributed by atoms with Crippen LogP contribution in [0.15, 0.2) is 29.2 Å². The van der Waals surface area contributed by atoms with Crippen molar-refractivity contribution in [3.8, 4) is 0 Å². The predicted molar refractivity (Wildman–Crippen MR) is 82.1 cm³/mol. The van der Waals surface area contributed by atoms with E-state index in [1.165, 1.54) is 17.0 Å². The van der Waals surface area contributed by atoms with Crippen LogP contribution in [0.3, 0.4) is 0 Å². The topological polar surface area (TPSA) is 110 Å². The molecule has 120 valence electrons. The average Bonchev–Trinajstić information content (AvgIpc) is 2.46. The molecule has 1 fully saturated rings. The van der Waals surface area contributed by atoms with Crippen molar-refractivity contribution in [2.45, 2.75) is 17.7 Å². The van der Waals surface area contributed by atoms with E-state index in [1.54, 1.807) is 12.1 Å². The summed E-state index contributed by atoms with van der Waals surface area (Å²) in [5.74, 6) is -0.584. The fourth-order valence-corrected chi connectivity index (χ4v) is 3.11. The van der Waals surface area contributed by atoms with Crippen LogP contribution in [0.1, 0.15) is 12.8 Å². The molecule has 1 aliphatic rings. The number of anilines is 1. The van der Waals surface area contributed by atoms with Gasteiger partial charge in [-0.05, 0) is 31.0 Å². The van der Waals surface area contributed by atoms with Crippen LogP contribution in [0.4, 0.5) is 10.5 Å². The van der Waals surface area contributed by atoms with Crippen LogP contribution < -0.4 is 11.1 Å². The largest absolute Gasteiger partial charge is 0.351 e. The van der Waals surface area contributed by atoms with E-state index < -0.39 is 15.9 Å². The number of carbonyl (C=O) groups excluding carboxylic acids is 2. The lowest BCUT2D eigenvalue weighted by Crippen LogP contribution is -2.46. The summed E-state index contributed by atoms with van der Waals surface area (Å²) in [6, 6.07) is 5.56. The first-order chi connectivity index (χ1) is 10.3. The number of carbonyl (C=O) groups is 2. The molecule has 1 saturated heterocycles. The third-order valence-electron chi connectivity index (χ3n) is 3.63. The summed E-state index contributed by atoms with van der Waals surface area (Å²) in [5, 5.41) is 2.70. The van der Waals surface area contributed by atoms with Crippen LogP contribution in [-0.2, 0) is 14.6 Å². The van der Waals surface area contributed by atoms with Gasteiger partial charge in [-0.15, -0.1) is 0 Å².